The molecule has 0 radical (unpaired) electrons. The zero-order valence-electron chi connectivity index (χ0n) is 15.6. The van der Waals surface area contributed by atoms with Gasteiger partial charge in [-0.1, -0.05) is 30.3 Å². The Morgan fingerprint density at radius 1 is 1.04 bits per heavy atom. The van der Waals surface area contributed by atoms with E-state index in [9.17, 15) is 0 Å². The normalized spacial score (nSPS) is 12.9. The van der Waals surface area contributed by atoms with E-state index < -0.39 is 0 Å². The van der Waals surface area contributed by atoms with Crippen molar-refractivity contribution in [2.75, 3.05) is 18.2 Å². The minimum atomic E-state index is 0.254. The molecule has 0 spiro atoms. The molecule has 1 saturated carbocycles. The lowest BCUT2D eigenvalue weighted by Crippen LogP contribution is -2.01. The highest BCUT2D eigenvalue weighted by Crippen LogP contribution is 2.39. The second-order valence-electron chi connectivity index (χ2n) is 6.57. The molecular formula is C21H22N6O. The second kappa shape index (κ2) is 7.96. The predicted molar refractivity (Wildman–Crippen MR) is 111 cm³/mol. The number of rotatable bonds is 4. The number of methoxy groups -OCH3 is 1. The molecule has 2 aromatic carbocycles. The van der Waals surface area contributed by atoms with Crippen molar-refractivity contribution in [3.8, 4) is 5.75 Å². The lowest BCUT2D eigenvalue weighted by atomic mass is 10.2. The van der Waals surface area contributed by atoms with Crippen molar-refractivity contribution >= 4 is 28.5 Å². The van der Waals surface area contributed by atoms with E-state index in [0.717, 1.165) is 22.5 Å². The smallest absolute Gasteiger partial charge is 0.222 e. The molecule has 0 saturated heterocycles. The van der Waals surface area contributed by atoms with E-state index in [1.807, 2.05) is 60.7 Å². The zero-order chi connectivity index (χ0) is 19.3. The third-order valence-electron chi connectivity index (χ3n) is 4.46. The molecule has 28 heavy (non-hydrogen) atoms. The Kier molecular flexibility index (Phi) is 5.05. The summed E-state index contributed by atoms with van der Waals surface area (Å²) in [4.78, 5) is 8.49. The van der Waals surface area contributed by atoms with Gasteiger partial charge in [-0.3, -0.25) is 5.10 Å². The molecule has 2 heterocycles. The summed E-state index contributed by atoms with van der Waals surface area (Å²) < 4.78 is 4.91. The Labute approximate surface area is 163 Å². The predicted octanol–water partition coefficient (Wildman–Crippen LogP) is 4.25. The molecule has 0 amide bonds. The van der Waals surface area contributed by atoms with Gasteiger partial charge in [0.25, 0.3) is 0 Å². The number of H-pyrrole nitrogens is 1. The summed E-state index contributed by atoms with van der Waals surface area (Å²) in [5.41, 5.74) is 7.75. The van der Waals surface area contributed by atoms with Crippen LogP contribution in [0, 0.1) is 0 Å². The van der Waals surface area contributed by atoms with Crippen molar-refractivity contribution in [3.05, 3.63) is 66.4 Å². The van der Waals surface area contributed by atoms with Crippen molar-refractivity contribution < 1.29 is 4.74 Å². The number of ether oxygens (including phenoxy) is 1. The van der Waals surface area contributed by atoms with Gasteiger partial charge in [-0.15, -0.1) is 0 Å². The molecular weight excluding hydrogens is 352 g/mol. The van der Waals surface area contributed by atoms with E-state index in [2.05, 4.69) is 25.5 Å². The van der Waals surface area contributed by atoms with Gasteiger partial charge in [0.2, 0.25) is 5.95 Å². The molecule has 4 aromatic rings. The molecule has 7 nitrogen and oxygen atoms in total. The van der Waals surface area contributed by atoms with Crippen LogP contribution < -0.4 is 15.8 Å². The molecule has 5 rings (SSSR count). The van der Waals surface area contributed by atoms with Gasteiger partial charge in [-0.05, 0) is 37.1 Å². The first-order valence-corrected chi connectivity index (χ1v) is 9.16. The van der Waals surface area contributed by atoms with Crippen molar-refractivity contribution in [1.29, 1.82) is 0 Å². The number of para-hydroxylation sites is 2. The third-order valence-corrected chi connectivity index (χ3v) is 4.46. The van der Waals surface area contributed by atoms with Crippen LogP contribution in [0.4, 0.5) is 17.6 Å². The average Bonchev–Trinajstić information content (AvgIpc) is 3.48. The van der Waals surface area contributed by atoms with Crippen LogP contribution in [-0.2, 0) is 0 Å². The third kappa shape index (κ3) is 4.20. The number of anilines is 3. The van der Waals surface area contributed by atoms with Crippen LogP contribution in [0.5, 0.6) is 5.75 Å². The van der Waals surface area contributed by atoms with Crippen LogP contribution in [-0.4, -0.2) is 27.3 Å². The summed E-state index contributed by atoms with van der Waals surface area (Å²) in [6, 6.07) is 19.5. The Bertz CT molecular complexity index is 1060. The number of hydrogen-bond acceptors (Lipinski definition) is 6. The fraction of sp³-hybridized carbons (Fsp3) is 0.190. The zero-order valence-corrected chi connectivity index (χ0v) is 15.6. The van der Waals surface area contributed by atoms with Crippen LogP contribution in [0.2, 0.25) is 0 Å². The van der Waals surface area contributed by atoms with E-state index >= 15 is 0 Å². The number of benzene rings is 2. The van der Waals surface area contributed by atoms with Gasteiger partial charge in [0, 0.05) is 23.1 Å². The minimum absolute atomic E-state index is 0.254. The highest BCUT2D eigenvalue weighted by atomic mass is 16.5. The molecule has 142 valence electrons. The van der Waals surface area contributed by atoms with Crippen LogP contribution in [0.15, 0.2) is 60.7 Å². The van der Waals surface area contributed by atoms with E-state index in [-0.39, 0.29) is 5.95 Å². The summed E-state index contributed by atoms with van der Waals surface area (Å²) in [6.07, 6.45) is 2.48. The SMILES string of the molecule is COc1ccccc1.Nc1nc(Nc2cc(C3CC3)[nH]n2)c2ccccc2n1. The van der Waals surface area contributed by atoms with Crippen LogP contribution in [0.3, 0.4) is 0 Å². The first kappa shape index (κ1) is 17.8. The quantitative estimate of drug-likeness (QED) is 0.493. The van der Waals surface area contributed by atoms with Gasteiger partial charge in [0.05, 0.1) is 12.6 Å². The number of fused-ring (bicyclic) bond motifs is 1. The summed E-state index contributed by atoms with van der Waals surface area (Å²) in [5.74, 6) is 3.25. The maximum absolute atomic E-state index is 5.75. The lowest BCUT2D eigenvalue weighted by molar-refractivity contribution is 0.415. The van der Waals surface area contributed by atoms with E-state index in [0.29, 0.717) is 11.7 Å². The first-order valence-electron chi connectivity index (χ1n) is 9.16. The number of nitrogen functional groups attached to an aromatic ring is 1. The molecule has 1 aliphatic carbocycles. The molecule has 1 fully saturated rings. The highest BCUT2D eigenvalue weighted by molar-refractivity contribution is 5.91. The molecule has 1 aliphatic rings. The van der Waals surface area contributed by atoms with Crippen molar-refractivity contribution in [2.45, 2.75) is 18.8 Å². The number of nitrogens with one attached hydrogen (secondary N) is 2. The van der Waals surface area contributed by atoms with Crippen LogP contribution >= 0.6 is 0 Å². The minimum Gasteiger partial charge on any atom is -0.497 e. The number of aromatic nitrogens is 4. The largest absolute Gasteiger partial charge is 0.497 e. The summed E-state index contributed by atoms with van der Waals surface area (Å²) in [7, 11) is 1.66. The Morgan fingerprint density at radius 2 is 1.79 bits per heavy atom. The monoisotopic (exact) mass is 374 g/mol. The Hall–Kier alpha value is -3.61. The average molecular weight is 374 g/mol. The first-order chi connectivity index (χ1) is 13.7. The number of nitrogens with zero attached hydrogens (tertiary/aromatic N) is 3. The van der Waals surface area contributed by atoms with Crippen LogP contribution in [0.1, 0.15) is 24.5 Å². The highest BCUT2D eigenvalue weighted by Gasteiger charge is 2.25. The van der Waals surface area contributed by atoms with Gasteiger partial charge in [0.15, 0.2) is 5.82 Å². The van der Waals surface area contributed by atoms with Gasteiger partial charge in [-0.2, -0.15) is 10.1 Å². The van der Waals surface area contributed by atoms with Crippen molar-refractivity contribution in [2.24, 2.45) is 0 Å². The Balaban J connectivity index is 0.000000203. The van der Waals surface area contributed by atoms with Gasteiger partial charge in [-0.25, -0.2) is 4.98 Å². The number of aromatic amines is 1. The lowest BCUT2D eigenvalue weighted by Gasteiger charge is -2.06. The number of nitrogens with two attached hydrogens (primary N) is 1. The molecule has 0 aliphatic heterocycles. The fourth-order valence-corrected chi connectivity index (χ4v) is 2.87. The van der Waals surface area contributed by atoms with Gasteiger partial charge in [0.1, 0.15) is 11.6 Å². The summed E-state index contributed by atoms with van der Waals surface area (Å²) in [5, 5.41) is 11.5. The van der Waals surface area contributed by atoms with Crippen LogP contribution in [0.25, 0.3) is 10.9 Å². The standard InChI is InChI=1S/C14H14N6.C7H8O/c15-14-16-10-4-2-1-3-9(10)13(18-14)17-12-7-11(19-20-12)8-5-6-8;1-8-7-5-3-2-4-6-7/h1-4,7-8H,5-6H2,(H4,15,16,17,18,19,20);2-6H,1H3. The molecule has 2 aromatic heterocycles. The Morgan fingerprint density at radius 3 is 2.50 bits per heavy atom. The fourth-order valence-electron chi connectivity index (χ4n) is 2.87. The second-order valence-corrected chi connectivity index (χ2v) is 6.57. The summed E-state index contributed by atoms with van der Waals surface area (Å²) in [6.45, 7) is 0. The van der Waals surface area contributed by atoms with E-state index in [4.69, 9.17) is 10.5 Å². The van der Waals surface area contributed by atoms with E-state index in [1.165, 1.54) is 18.5 Å². The molecule has 7 heteroatoms. The topological polar surface area (TPSA) is 102 Å². The van der Waals surface area contributed by atoms with Gasteiger partial charge < -0.3 is 15.8 Å². The summed E-state index contributed by atoms with van der Waals surface area (Å²) >= 11 is 0. The van der Waals surface area contributed by atoms with Crippen molar-refractivity contribution in [3.63, 3.8) is 0 Å². The molecule has 0 bridgehead atoms. The van der Waals surface area contributed by atoms with E-state index in [1.54, 1.807) is 7.11 Å². The van der Waals surface area contributed by atoms with Crippen molar-refractivity contribution in [1.82, 2.24) is 20.2 Å². The number of hydrogen-bond donors (Lipinski definition) is 3. The molecule has 0 unspecified atom stereocenters. The molecule has 4 N–H and O–H groups in total. The van der Waals surface area contributed by atoms with Gasteiger partial charge >= 0.3 is 0 Å². The molecule has 0 atom stereocenters. The maximum atomic E-state index is 5.75. The maximum Gasteiger partial charge on any atom is 0.222 e.